The number of hydrogen-bond acceptors (Lipinski definition) is 4. The molecule has 0 spiro atoms. The quantitative estimate of drug-likeness (QED) is 0.761. The van der Waals surface area contributed by atoms with Crippen molar-refractivity contribution in [3.8, 4) is 0 Å². The van der Waals surface area contributed by atoms with Crippen LogP contribution in [0.5, 0.6) is 0 Å². The van der Waals surface area contributed by atoms with Gasteiger partial charge in [-0.15, -0.1) is 0 Å². The Labute approximate surface area is 123 Å². The van der Waals surface area contributed by atoms with Gasteiger partial charge in [-0.05, 0) is 12.0 Å². The summed E-state index contributed by atoms with van der Waals surface area (Å²) < 4.78 is 32.9. The molecule has 7 nitrogen and oxygen atoms in total. The van der Waals surface area contributed by atoms with Crippen LogP contribution in [-0.4, -0.2) is 56.1 Å². The summed E-state index contributed by atoms with van der Waals surface area (Å²) in [5.41, 5.74) is 0.759. The Bertz CT molecular complexity index is 569. The standard InChI is InChI=1S/C13H18N2O5S/c16-13(17)12(10-11-4-2-1-3-5-11)14-21(18,19)15-6-8-20-9-7-15/h1-5,12,14H,6-10H2,(H,16,17)/t12-/m1/s1. The number of carboxylic acids is 1. The average Bonchev–Trinajstić information content (AvgIpc) is 2.48. The minimum absolute atomic E-state index is 0.0970. The van der Waals surface area contributed by atoms with Gasteiger partial charge in [0.05, 0.1) is 13.2 Å². The SMILES string of the molecule is O=C(O)[C@@H](Cc1ccccc1)NS(=O)(=O)N1CCOCC1. The van der Waals surface area contributed by atoms with Crippen molar-refractivity contribution >= 4 is 16.2 Å². The van der Waals surface area contributed by atoms with Gasteiger partial charge in [0.2, 0.25) is 0 Å². The van der Waals surface area contributed by atoms with E-state index in [1.165, 1.54) is 4.31 Å². The van der Waals surface area contributed by atoms with E-state index in [0.29, 0.717) is 13.2 Å². The number of nitrogens with zero attached hydrogens (tertiary/aromatic N) is 1. The van der Waals surface area contributed by atoms with Crippen LogP contribution in [0.25, 0.3) is 0 Å². The highest BCUT2D eigenvalue weighted by Crippen LogP contribution is 2.08. The zero-order valence-corrected chi connectivity index (χ0v) is 12.3. The summed E-state index contributed by atoms with van der Waals surface area (Å²) in [7, 11) is -3.83. The fourth-order valence-electron chi connectivity index (χ4n) is 2.07. The second-order valence-electron chi connectivity index (χ2n) is 4.71. The van der Waals surface area contributed by atoms with Gasteiger partial charge in [0, 0.05) is 13.1 Å². The van der Waals surface area contributed by atoms with E-state index in [2.05, 4.69) is 4.72 Å². The molecule has 1 aliphatic heterocycles. The Morgan fingerprint density at radius 1 is 1.29 bits per heavy atom. The number of rotatable bonds is 6. The number of nitrogens with one attached hydrogen (secondary N) is 1. The van der Waals surface area contributed by atoms with Gasteiger partial charge >= 0.3 is 5.97 Å². The molecule has 1 atom stereocenters. The molecule has 8 heteroatoms. The van der Waals surface area contributed by atoms with E-state index in [1.807, 2.05) is 6.07 Å². The van der Waals surface area contributed by atoms with E-state index in [4.69, 9.17) is 4.74 Å². The second-order valence-corrected chi connectivity index (χ2v) is 6.42. The Morgan fingerprint density at radius 3 is 2.48 bits per heavy atom. The first-order chi connectivity index (χ1) is 9.99. The maximum absolute atomic E-state index is 12.2. The third-order valence-electron chi connectivity index (χ3n) is 3.18. The van der Waals surface area contributed by atoms with Crippen LogP contribution in [0.15, 0.2) is 30.3 Å². The molecular weight excluding hydrogens is 296 g/mol. The molecule has 21 heavy (non-hydrogen) atoms. The molecule has 0 unspecified atom stereocenters. The van der Waals surface area contributed by atoms with Crippen LogP contribution in [-0.2, 0) is 26.2 Å². The predicted octanol–water partition coefficient (Wildman–Crippen LogP) is -0.151. The van der Waals surface area contributed by atoms with Crippen LogP contribution in [0.4, 0.5) is 0 Å². The van der Waals surface area contributed by atoms with Crippen molar-refractivity contribution in [2.75, 3.05) is 26.3 Å². The first kappa shape index (κ1) is 15.9. The Hall–Kier alpha value is -1.48. The normalized spacial score (nSPS) is 18.3. The van der Waals surface area contributed by atoms with E-state index in [-0.39, 0.29) is 19.5 Å². The van der Waals surface area contributed by atoms with Gasteiger partial charge in [-0.1, -0.05) is 30.3 Å². The zero-order chi connectivity index (χ0) is 15.3. The number of morpholine rings is 1. The molecular formula is C13H18N2O5S. The summed E-state index contributed by atoms with van der Waals surface area (Å²) in [5, 5.41) is 9.23. The van der Waals surface area contributed by atoms with Crippen molar-refractivity contribution in [1.82, 2.24) is 9.03 Å². The Balaban J connectivity index is 2.07. The maximum atomic E-state index is 12.2. The fourth-order valence-corrected chi connectivity index (χ4v) is 3.39. The van der Waals surface area contributed by atoms with E-state index in [0.717, 1.165) is 5.56 Å². The first-order valence-corrected chi connectivity index (χ1v) is 8.05. The number of ether oxygens (including phenoxy) is 1. The van der Waals surface area contributed by atoms with Crippen molar-refractivity contribution in [2.24, 2.45) is 0 Å². The minimum Gasteiger partial charge on any atom is -0.480 e. The summed E-state index contributed by atoms with van der Waals surface area (Å²) in [5.74, 6) is -1.20. The molecule has 1 saturated heterocycles. The molecule has 1 fully saturated rings. The van der Waals surface area contributed by atoms with Crippen LogP contribution in [0.2, 0.25) is 0 Å². The van der Waals surface area contributed by atoms with Crippen LogP contribution in [0, 0.1) is 0 Å². The van der Waals surface area contributed by atoms with Crippen molar-refractivity contribution in [1.29, 1.82) is 0 Å². The Kier molecular flexibility index (Phi) is 5.29. The van der Waals surface area contributed by atoms with Gasteiger partial charge in [-0.25, -0.2) is 0 Å². The van der Waals surface area contributed by atoms with E-state index >= 15 is 0 Å². The molecule has 1 aliphatic rings. The molecule has 0 radical (unpaired) electrons. The lowest BCUT2D eigenvalue weighted by atomic mass is 10.1. The monoisotopic (exact) mass is 314 g/mol. The lowest BCUT2D eigenvalue weighted by Crippen LogP contribution is -2.52. The second kappa shape index (κ2) is 6.99. The highest BCUT2D eigenvalue weighted by Gasteiger charge is 2.30. The van der Waals surface area contributed by atoms with Gasteiger partial charge < -0.3 is 9.84 Å². The minimum atomic E-state index is -3.83. The lowest BCUT2D eigenvalue weighted by molar-refractivity contribution is -0.138. The Morgan fingerprint density at radius 2 is 1.90 bits per heavy atom. The maximum Gasteiger partial charge on any atom is 0.322 e. The number of carbonyl (C=O) groups is 1. The van der Waals surface area contributed by atoms with Gasteiger partial charge in [-0.3, -0.25) is 4.79 Å². The van der Waals surface area contributed by atoms with Crippen LogP contribution in [0.1, 0.15) is 5.56 Å². The molecule has 1 aromatic carbocycles. The van der Waals surface area contributed by atoms with Gasteiger partial charge in [0.15, 0.2) is 0 Å². The molecule has 0 aromatic heterocycles. The number of hydrogen-bond donors (Lipinski definition) is 2. The third kappa shape index (κ3) is 4.50. The number of carboxylic acid groups (broad SMARTS) is 1. The molecule has 1 aromatic rings. The molecule has 2 N–H and O–H groups in total. The summed E-state index contributed by atoms with van der Waals surface area (Å²) in [6.45, 7) is 1.09. The van der Waals surface area contributed by atoms with E-state index in [9.17, 15) is 18.3 Å². The topological polar surface area (TPSA) is 95.9 Å². The van der Waals surface area contributed by atoms with Crippen molar-refractivity contribution < 1.29 is 23.1 Å². The van der Waals surface area contributed by atoms with E-state index < -0.39 is 22.2 Å². The zero-order valence-electron chi connectivity index (χ0n) is 11.4. The molecule has 0 aliphatic carbocycles. The number of aliphatic carboxylic acids is 1. The average molecular weight is 314 g/mol. The fraction of sp³-hybridized carbons (Fsp3) is 0.462. The van der Waals surface area contributed by atoms with Crippen LogP contribution < -0.4 is 4.72 Å². The smallest absolute Gasteiger partial charge is 0.322 e. The molecule has 1 heterocycles. The molecule has 0 saturated carbocycles. The number of benzene rings is 1. The summed E-state index contributed by atoms with van der Waals surface area (Å²) in [4.78, 5) is 11.3. The lowest BCUT2D eigenvalue weighted by Gasteiger charge is -2.27. The van der Waals surface area contributed by atoms with Crippen molar-refractivity contribution in [2.45, 2.75) is 12.5 Å². The van der Waals surface area contributed by atoms with Gasteiger partial charge in [-0.2, -0.15) is 17.4 Å². The van der Waals surface area contributed by atoms with Crippen LogP contribution >= 0.6 is 0 Å². The van der Waals surface area contributed by atoms with E-state index in [1.54, 1.807) is 24.3 Å². The highest BCUT2D eigenvalue weighted by molar-refractivity contribution is 7.87. The molecule has 2 rings (SSSR count). The molecule has 0 amide bonds. The predicted molar refractivity (Wildman–Crippen MR) is 76.0 cm³/mol. The summed E-state index contributed by atoms with van der Waals surface area (Å²) >= 11 is 0. The van der Waals surface area contributed by atoms with Gasteiger partial charge in [0.1, 0.15) is 6.04 Å². The molecule has 0 bridgehead atoms. The van der Waals surface area contributed by atoms with Crippen LogP contribution in [0.3, 0.4) is 0 Å². The summed E-state index contributed by atoms with van der Waals surface area (Å²) in [6.07, 6.45) is 0.0970. The summed E-state index contributed by atoms with van der Waals surface area (Å²) in [6, 6.07) is 7.71. The largest absolute Gasteiger partial charge is 0.480 e. The molecule has 116 valence electrons. The third-order valence-corrected chi connectivity index (χ3v) is 4.81. The van der Waals surface area contributed by atoms with Gasteiger partial charge in [0.25, 0.3) is 10.2 Å². The highest BCUT2D eigenvalue weighted by atomic mass is 32.2. The van der Waals surface area contributed by atoms with Crippen molar-refractivity contribution in [3.05, 3.63) is 35.9 Å². The first-order valence-electron chi connectivity index (χ1n) is 6.61. The van der Waals surface area contributed by atoms with Crippen molar-refractivity contribution in [3.63, 3.8) is 0 Å².